The molecule has 0 aliphatic heterocycles. The highest BCUT2D eigenvalue weighted by Crippen LogP contribution is 2.29. The maximum absolute atomic E-state index is 13.0. The second-order valence-corrected chi connectivity index (χ2v) is 13.6. The molecule has 0 rings (SSSR count). The first-order valence-corrected chi connectivity index (χ1v) is 17.3. The molecule has 16 nitrogen and oxygen atoms in total. The van der Waals surface area contributed by atoms with Gasteiger partial charge in [-0.25, -0.2) is 0 Å². The number of rotatable bonds is 29. The Bertz CT molecular complexity index is 1070. The number of nitrogens with two attached hydrogens (primary N) is 1. The lowest BCUT2D eigenvalue weighted by Crippen LogP contribution is -2.42. The lowest BCUT2D eigenvalue weighted by Gasteiger charge is -2.33. The maximum Gasteiger partial charge on any atom is 0.307 e. The summed E-state index contributed by atoms with van der Waals surface area (Å²) < 4.78 is 11.4. The third-order valence-electron chi connectivity index (χ3n) is 8.61. The van der Waals surface area contributed by atoms with E-state index in [0.717, 1.165) is 6.42 Å². The summed E-state index contributed by atoms with van der Waals surface area (Å²) in [6.07, 6.45) is -3.74. The summed E-state index contributed by atoms with van der Waals surface area (Å²) in [5.74, 6) is -12.0. The van der Waals surface area contributed by atoms with Crippen LogP contribution in [0.25, 0.3) is 0 Å². The minimum atomic E-state index is -1.59. The zero-order valence-corrected chi connectivity index (χ0v) is 29.6. The largest absolute Gasteiger partial charge is 0.481 e. The molecule has 0 aliphatic rings. The molecule has 16 heteroatoms. The number of aliphatic carboxylic acids is 4. The molecular formula is C34H59NO15. The molecule has 0 radical (unpaired) electrons. The van der Waals surface area contributed by atoms with Crippen molar-refractivity contribution in [2.24, 2.45) is 29.4 Å². The van der Waals surface area contributed by atoms with Gasteiger partial charge in [0, 0.05) is 12.5 Å². The van der Waals surface area contributed by atoms with E-state index in [9.17, 15) is 54.3 Å². The highest BCUT2D eigenvalue weighted by molar-refractivity contribution is 5.83. The Morgan fingerprint density at radius 2 is 1.08 bits per heavy atom. The van der Waals surface area contributed by atoms with Crippen molar-refractivity contribution in [1.29, 1.82) is 0 Å². The predicted molar refractivity (Wildman–Crippen MR) is 178 cm³/mol. The maximum atomic E-state index is 13.0. The third kappa shape index (κ3) is 21.0. The van der Waals surface area contributed by atoms with E-state index in [0.29, 0.717) is 38.5 Å². The van der Waals surface area contributed by atoms with Crippen LogP contribution in [0.3, 0.4) is 0 Å². The molecular weight excluding hydrogens is 662 g/mol. The lowest BCUT2D eigenvalue weighted by atomic mass is 9.87. The fourth-order valence-electron chi connectivity index (χ4n) is 5.68. The van der Waals surface area contributed by atoms with Gasteiger partial charge in [-0.1, -0.05) is 46.5 Å². The van der Waals surface area contributed by atoms with Crippen molar-refractivity contribution in [2.45, 2.75) is 154 Å². The molecule has 0 aromatic carbocycles. The Balaban J connectivity index is 5.98. The van der Waals surface area contributed by atoms with E-state index in [4.69, 9.17) is 25.4 Å². The van der Waals surface area contributed by atoms with Gasteiger partial charge in [0.05, 0.1) is 55.8 Å². The molecule has 0 aromatic rings. The van der Waals surface area contributed by atoms with Gasteiger partial charge < -0.3 is 51.0 Å². The highest BCUT2D eigenvalue weighted by atomic mass is 16.6. The number of unbranched alkanes of at least 4 members (excludes halogenated alkanes) is 2. The van der Waals surface area contributed by atoms with E-state index < -0.39 is 116 Å². The summed E-state index contributed by atoms with van der Waals surface area (Å²) in [4.78, 5) is 71.6. The number of carbonyl (C=O) groups excluding carboxylic acids is 2. The zero-order valence-electron chi connectivity index (χ0n) is 29.6. The molecule has 0 unspecified atom stereocenters. The van der Waals surface area contributed by atoms with Crippen LogP contribution in [0.15, 0.2) is 0 Å². The first-order valence-electron chi connectivity index (χ1n) is 17.3. The SMILES string of the molecule is CCCC[C@@H](C)[C@H](OC(=O)C[C@@H](CC(=O)O)C(=O)O)[C@@H](C[C@@H](C)C[C@H](O)CCCC[C@H](O)C[C@H](O)[C@@H](C)N)OC(=O)C[C@@H](CC(=O)O)C(=O)O. The Morgan fingerprint density at radius 3 is 1.50 bits per heavy atom. The fraction of sp³-hybridized carbons (Fsp3) is 0.824. The summed E-state index contributed by atoms with van der Waals surface area (Å²) in [6, 6.07) is -0.476. The van der Waals surface area contributed by atoms with Gasteiger partial charge >= 0.3 is 35.8 Å². The van der Waals surface area contributed by atoms with E-state index >= 15 is 0 Å². The molecule has 10 atom stereocenters. The summed E-state index contributed by atoms with van der Waals surface area (Å²) in [7, 11) is 0. The predicted octanol–water partition coefficient (Wildman–Crippen LogP) is 2.56. The molecule has 50 heavy (non-hydrogen) atoms. The first-order chi connectivity index (χ1) is 23.3. The van der Waals surface area contributed by atoms with Crippen molar-refractivity contribution in [3.8, 4) is 0 Å². The Labute approximate surface area is 293 Å². The van der Waals surface area contributed by atoms with Gasteiger partial charge in [-0.05, 0) is 50.9 Å². The number of carboxylic acid groups (broad SMARTS) is 4. The van der Waals surface area contributed by atoms with E-state index in [1.807, 2.05) is 6.92 Å². The van der Waals surface area contributed by atoms with Crippen molar-refractivity contribution in [1.82, 2.24) is 0 Å². The number of aliphatic hydroxyl groups is 3. The van der Waals surface area contributed by atoms with Crippen LogP contribution in [-0.2, 0) is 38.2 Å². The van der Waals surface area contributed by atoms with E-state index in [1.54, 1.807) is 20.8 Å². The van der Waals surface area contributed by atoms with Gasteiger partial charge in [-0.3, -0.25) is 28.8 Å². The van der Waals surface area contributed by atoms with Crippen LogP contribution in [-0.4, -0.2) is 108 Å². The van der Waals surface area contributed by atoms with Gasteiger partial charge in [0.15, 0.2) is 0 Å². The Kier molecular flexibility index (Phi) is 23.1. The fourth-order valence-corrected chi connectivity index (χ4v) is 5.68. The smallest absolute Gasteiger partial charge is 0.307 e. The van der Waals surface area contributed by atoms with E-state index in [-0.39, 0.29) is 25.2 Å². The number of carboxylic acids is 4. The van der Waals surface area contributed by atoms with Gasteiger partial charge in [0.1, 0.15) is 12.2 Å². The van der Waals surface area contributed by atoms with Crippen molar-refractivity contribution in [3.63, 3.8) is 0 Å². The van der Waals surface area contributed by atoms with Crippen LogP contribution in [0.1, 0.15) is 118 Å². The molecule has 0 aliphatic carbocycles. The van der Waals surface area contributed by atoms with Crippen LogP contribution in [0.2, 0.25) is 0 Å². The summed E-state index contributed by atoms with van der Waals surface area (Å²) in [5, 5.41) is 67.8. The zero-order chi connectivity index (χ0) is 38.6. The van der Waals surface area contributed by atoms with Gasteiger partial charge in [-0.15, -0.1) is 0 Å². The average molecular weight is 722 g/mol. The number of ether oxygens (including phenoxy) is 2. The standard InChI is InChI=1S/C34H59NO15/c1-5-6-9-20(3)32(50-31(44)17-23(34(47)48)15-29(41)42)27(49-30(43)16-22(33(45)46)14-28(39)40)13-19(2)12-24(36)10-7-8-11-25(37)18-26(38)21(4)35/h19-27,32,36-38H,5-18,35H2,1-4H3,(H,39,40)(H,41,42)(H,45,46)(H,47,48)/t19-,20+,21+,22+,23+,24+,25-,26-,27+,32-/m0/s1. The first kappa shape index (κ1) is 46.7. The molecule has 290 valence electrons. The number of aliphatic hydroxyl groups excluding tert-OH is 3. The number of carbonyl (C=O) groups is 6. The van der Waals surface area contributed by atoms with E-state index in [1.165, 1.54) is 0 Å². The lowest BCUT2D eigenvalue weighted by molar-refractivity contribution is -0.177. The minimum Gasteiger partial charge on any atom is -0.481 e. The molecule has 0 bridgehead atoms. The third-order valence-corrected chi connectivity index (χ3v) is 8.61. The van der Waals surface area contributed by atoms with Crippen LogP contribution in [0, 0.1) is 23.7 Å². The Hall–Kier alpha value is -3.34. The highest BCUT2D eigenvalue weighted by Gasteiger charge is 2.37. The average Bonchev–Trinajstić information content (AvgIpc) is 2.99. The van der Waals surface area contributed by atoms with Gasteiger partial charge in [0.2, 0.25) is 0 Å². The van der Waals surface area contributed by atoms with Crippen molar-refractivity contribution in [2.75, 3.05) is 0 Å². The molecule has 9 N–H and O–H groups in total. The van der Waals surface area contributed by atoms with Gasteiger partial charge in [0.25, 0.3) is 0 Å². The van der Waals surface area contributed by atoms with Crippen molar-refractivity contribution in [3.05, 3.63) is 0 Å². The van der Waals surface area contributed by atoms with Crippen LogP contribution < -0.4 is 5.73 Å². The summed E-state index contributed by atoms with van der Waals surface area (Å²) in [6.45, 7) is 7.06. The molecule has 0 aromatic heterocycles. The van der Waals surface area contributed by atoms with E-state index in [2.05, 4.69) is 0 Å². The molecule has 0 spiro atoms. The van der Waals surface area contributed by atoms with Crippen LogP contribution >= 0.6 is 0 Å². The molecule has 0 fully saturated rings. The Morgan fingerprint density at radius 1 is 0.620 bits per heavy atom. The quantitative estimate of drug-likeness (QED) is 0.0407. The monoisotopic (exact) mass is 721 g/mol. The van der Waals surface area contributed by atoms with Gasteiger partial charge in [-0.2, -0.15) is 0 Å². The second kappa shape index (κ2) is 24.7. The summed E-state index contributed by atoms with van der Waals surface area (Å²) in [5.41, 5.74) is 5.63. The molecule has 0 heterocycles. The number of esters is 2. The molecule has 0 saturated carbocycles. The molecule has 0 amide bonds. The second-order valence-electron chi connectivity index (χ2n) is 13.6. The number of hydrogen-bond donors (Lipinski definition) is 8. The normalized spacial score (nSPS) is 17.5. The van der Waals surface area contributed by atoms with Crippen LogP contribution in [0.5, 0.6) is 0 Å². The van der Waals surface area contributed by atoms with Crippen molar-refractivity contribution >= 4 is 35.8 Å². The number of hydrogen-bond acceptors (Lipinski definition) is 12. The topological polar surface area (TPSA) is 289 Å². The minimum absolute atomic E-state index is 0.0270. The molecule has 0 saturated heterocycles. The van der Waals surface area contributed by atoms with Crippen molar-refractivity contribution < 1.29 is 74.0 Å². The summed E-state index contributed by atoms with van der Waals surface area (Å²) >= 11 is 0. The van der Waals surface area contributed by atoms with Crippen LogP contribution in [0.4, 0.5) is 0 Å².